The van der Waals surface area contributed by atoms with Gasteiger partial charge in [-0.2, -0.15) is 0 Å². The van der Waals surface area contributed by atoms with Crippen LogP contribution >= 0.6 is 0 Å². The molecule has 0 rings (SSSR count). The number of unbranched alkanes of at least 4 members (excludes halogenated alkanes) is 39. The lowest BCUT2D eigenvalue weighted by molar-refractivity contribution is -0.143. The second kappa shape index (κ2) is 52.2. The lowest BCUT2D eigenvalue weighted by atomic mass is 10.0. The van der Waals surface area contributed by atoms with E-state index in [1.165, 1.54) is 231 Å². The van der Waals surface area contributed by atoms with Gasteiger partial charge in [0.2, 0.25) is 5.91 Å². The Bertz CT molecular complexity index is 924. The summed E-state index contributed by atoms with van der Waals surface area (Å²) >= 11 is 0. The van der Waals surface area contributed by atoms with E-state index in [0.717, 1.165) is 44.9 Å². The zero-order chi connectivity index (χ0) is 45.1. The number of amides is 1. The highest BCUT2D eigenvalue weighted by Gasteiger charge is 2.20. The van der Waals surface area contributed by atoms with Crippen molar-refractivity contribution in [3.63, 3.8) is 0 Å². The summed E-state index contributed by atoms with van der Waals surface area (Å²) in [5, 5.41) is 23.1. The van der Waals surface area contributed by atoms with E-state index in [0.29, 0.717) is 25.9 Å². The first-order chi connectivity index (χ1) is 30.5. The molecule has 0 aliphatic heterocycles. The fraction of sp³-hybridized carbons (Fsp3) is 0.929. The van der Waals surface area contributed by atoms with Gasteiger partial charge in [0.25, 0.3) is 0 Å². The summed E-state index contributed by atoms with van der Waals surface area (Å²) < 4.78 is 5.48. The van der Waals surface area contributed by atoms with Gasteiger partial charge in [-0.05, 0) is 51.4 Å². The van der Waals surface area contributed by atoms with Crippen LogP contribution in [0.1, 0.15) is 309 Å². The molecule has 368 valence electrons. The molecule has 0 saturated carbocycles. The van der Waals surface area contributed by atoms with Gasteiger partial charge in [-0.1, -0.05) is 257 Å². The Balaban J connectivity index is 3.37. The number of carbonyl (C=O) groups is 2. The van der Waals surface area contributed by atoms with Crippen LogP contribution in [-0.4, -0.2) is 47.4 Å². The average Bonchev–Trinajstić information content (AvgIpc) is 3.27. The Morgan fingerprint density at radius 2 is 0.758 bits per heavy atom. The molecule has 0 heterocycles. The van der Waals surface area contributed by atoms with Crippen LogP contribution in [0.5, 0.6) is 0 Å². The van der Waals surface area contributed by atoms with Crippen LogP contribution in [0.2, 0.25) is 0 Å². The smallest absolute Gasteiger partial charge is 0.305 e. The van der Waals surface area contributed by atoms with Gasteiger partial charge in [-0.15, -0.1) is 0 Å². The molecule has 2 unspecified atom stereocenters. The van der Waals surface area contributed by atoms with E-state index in [1.54, 1.807) is 0 Å². The van der Waals surface area contributed by atoms with Gasteiger partial charge in [-0.3, -0.25) is 9.59 Å². The highest BCUT2D eigenvalue weighted by Crippen LogP contribution is 2.17. The molecular weight excluding hydrogens is 767 g/mol. The highest BCUT2D eigenvalue weighted by molar-refractivity contribution is 5.76. The van der Waals surface area contributed by atoms with Gasteiger partial charge in [-0.25, -0.2) is 0 Å². The van der Waals surface area contributed by atoms with E-state index in [4.69, 9.17) is 4.74 Å². The Morgan fingerprint density at radius 1 is 0.435 bits per heavy atom. The molecule has 1 amide bonds. The summed E-state index contributed by atoms with van der Waals surface area (Å²) in [5.74, 6) is -0.0356. The number of esters is 1. The minimum atomic E-state index is -0.664. The maximum Gasteiger partial charge on any atom is 0.305 e. The van der Waals surface area contributed by atoms with Gasteiger partial charge in [0.15, 0.2) is 0 Å². The molecule has 62 heavy (non-hydrogen) atoms. The van der Waals surface area contributed by atoms with Gasteiger partial charge < -0.3 is 20.3 Å². The molecule has 0 aromatic rings. The molecule has 6 nitrogen and oxygen atoms in total. The third kappa shape index (κ3) is 48.1. The molecule has 0 saturated heterocycles. The Kier molecular flexibility index (Phi) is 51.0. The number of ether oxygens (including phenoxy) is 1. The number of allylic oxidation sites excluding steroid dienone is 2. The molecule has 3 N–H and O–H groups in total. The number of aliphatic hydroxyl groups excluding tert-OH is 2. The van der Waals surface area contributed by atoms with Crippen LogP contribution in [-0.2, 0) is 14.3 Å². The normalized spacial score (nSPS) is 12.6. The van der Waals surface area contributed by atoms with E-state index >= 15 is 0 Å². The molecule has 0 aromatic carbocycles. The van der Waals surface area contributed by atoms with Crippen molar-refractivity contribution < 1.29 is 24.5 Å². The standard InChI is InChI=1S/C56H109NO5/c1-3-5-7-9-11-13-15-16-17-20-24-27-30-34-38-42-46-50-56(61)62-51-47-43-39-35-31-28-25-22-19-18-21-23-26-29-33-37-41-45-49-55(60)57-53(52-58)54(59)48-44-40-36-32-14-12-10-8-6-4-2/h16-17,53-54,58-59H,3-15,18-52H2,1-2H3,(H,57,60)/b17-16-. The van der Waals surface area contributed by atoms with E-state index in [2.05, 4.69) is 31.3 Å². The second-order valence-electron chi connectivity index (χ2n) is 19.3. The summed E-state index contributed by atoms with van der Waals surface area (Å²) in [6, 6.07) is -0.542. The number of hydrogen-bond acceptors (Lipinski definition) is 5. The first-order valence-electron chi connectivity index (χ1n) is 27.9. The van der Waals surface area contributed by atoms with E-state index < -0.39 is 12.1 Å². The van der Waals surface area contributed by atoms with Crippen LogP contribution in [0.3, 0.4) is 0 Å². The molecule has 0 aromatic heterocycles. The Morgan fingerprint density at radius 3 is 1.15 bits per heavy atom. The zero-order valence-electron chi connectivity index (χ0n) is 41.9. The van der Waals surface area contributed by atoms with Crippen molar-refractivity contribution in [3.8, 4) is 0 Å². The number of aliphatic hydroxyl groups is 2. The maximum atomic E-state index is 12.4. The molecule has 2 atom stereocenters. The Hall–Kier alpha value is -1.40. The predicted molar refractivity (Wildman–Crippen MR) is 269 cm³/mol. The zero-order valence-corrected chi connectivity index (χ0v) is 41.9. The number of hydrogen-bond donors (Lipinski definition) is 3. The van der Waals surface area contributed by atoms with Crippen LogP contribution in [0, 0.1) is 0 Å². The number of nitrogens with one attached hydrogen (secondary N) is 1. The van der Waals surface area contributed by atoms with Crippen molar-refractivity contribution >= 4 is 11.9 Å². The summed E-state index contributed by atoms with van der Waals surface area (Å²) in [6.45, 7) is 4.93. The van der Waals surface area contributed by atoms with Crippen LogP contribution in [0.4, 0.5) is 0 Å². The highest BCUT2D eigenvalue weighted by atomic mass is 16.5. The quantitative estimate of drug-likeness (QED) is 0.0321. The van der Waals surface area contributed by atoms with E-state index in [1.807, 2.05) is 0 Å². The van der Waals surface area contributed by atoms with Crippen molar-refractivity contribution in [3.05, 3.63) is 12.2 Å². The molecule has 0 aliphatic carbocycles. The van der Waals surface area contributed by atoms with Crippen molar-refractivity contribution in [2.75, 3.05) is 13.2 Å². The fourth-order valence-corrected chi connectivity index (χ4v) is 8.75. The van der Waals surface area contributed by atoms with Gasteiger partial charge in [0, 0.05) is 12.8 Å². The SMILES string of the molecule is CCCCCCCC/C=C\CCCCCCCCCC(=O)OCCCCCCCCCCCCCCCCCCCCC(=O)NC(CO)C(O)CCCCCCCCCCCC. The molecule has 0 fully saturated rings. The van der Waals surface area contributed by atoms with Crippen molar-refractivity contribution in [1.29, 1.82) is 0 Å². The average molecular weight is 876 g/mol. The van der Waals surface area contributed by atoms with Gasteiger partial charge in [0.1, 0.15) is 0 Å². The maximum absolute atomic E-state index is 12.4. The monoisotopic (exact) mass is 876 g/mol. The molecule has 0 aliphatic rings. The molecule has 0 radical (unpaired) electrons. The van der Waals surface area contributed by atoms with Crippen LogP contribution in [0.25, 0.3) is 0 Å². The number of rotatable bonds is 52. The van der Waals surface area contributed by atoms with Crippen LogP contribution in [0.15, 0.2) is 12.2 Å². The summed E-state index contributed by atoms with van der Waals surface area (Å²) in [5.41, 5.74) is 0. The summed E-state index contributed by atoms with van der Waals surface area (Å²) in [7, 11) is 0. The third-order valence-electron chi connectivity index (χ3n) is 13.1. The fourth-order valence-electron chi connectivity index (χ4n) is 8.75. The minimum Gasteiger partial charge on any atom is -0.466 e. The lowest BCUT2D eigenvalue weighted by Crippen LogP contribution is -2.45. The summed E-state index contributed by atoms with van der Waals surface area (Å²) in [4.78, 5) is 24.5. The minimum absolute atomic E-state index is 0.00421. The molecule has 0 bridgehead atoms. The number of carbonyl (C=O) groups excluding carboxylic acids is 2. The first kappa shape index (κ1) is 60.6. The van der Waals surface area contributed by atoms with Gasteiger partial charge >= 0.3 is 5.97 Å². The molecule has 6 heteroatoms. The topological polar surface area (TPSA) is 95.9 Å². The predicted octanol–water partition coefficient (Wildman–Crippen LogP) is 16.9. The second-order valence-corrected chi connectivity index (χ2v) is 19.3. The van der Waals surface area contributed by atoms with Gasteiger partial charge in [0.05, 0.1) is 25.4 Å². The summed E-state index contributed by atoms with van der Waals surface area (Å²) in [6.07, 6.45) is 60.6. The molecule has 0 spiro atoms. The Labute approximate surface area is 387 Å². The lowest BCUT2D eigenvalue weighted by Gasteiger charge is -2.22. The largest absolute Gasteiger partial charge is 0.466 e. The van der Waals surface area contributed by atoms with Crippen molar-refractivity contribution in [1.82, 2.24) is 5.32 Å². The van der Waals surface area contributed by atoms with Crippen molar-refractivity contribution in [2.45, 2.75) is 321 Å². The van der Waals surface area contributed by atoms with Crippen LogP contribution < -0.4 is 5.32 Å². The molecular formula is C56H109NO5. The van der Waals surface area contributed by atoms with Crippen molar-refractivity contribution in [2.24, 2.45) is 0 Å². The third-order valence-corrected chi connectivity index (χ3v) is 13.1. The first-order valence-corrected chi connectivity index (χ1v) is 27.9. The van der Waals surface area contributed by atoms with E-state index in [9.17, 15) is 19.8 Å². The van der Waals surface area contributed by atoms with E-state index in [-0.39, 0.29) is 18.5 Å².